The number of nitrogens with one attached hydrogen (secondary N) is 1. The zero-order valence-electron chi connectivity index (χ0n) is 10.1. The maximum atomic E-state index is 4.35. The van der Waals surface area contributed by atoms with Gasteiger partial charge in [-0.25, -0.2) is 9.97 Å². The molecule has 0 atom stereocenters. The van der Waals surface area contributed by atoms with Gasteiger partial charge in [-0.15, -0.1) is 0 Å². The highest BCUT2D eigenvalue weighted by Crippen LogP contribution is 2.19. The summed E-state index contributed by atoms with van der Waals surface area (Å²) in [6.07, 6.45) is 1.76. The largest absolute Gasteiger partial charge is 0.324 e. The van der Waals surface area contributed by atoms with E-state index < -0.39 is 0 Å². The van der Waals surface area contributed by atoms with Crippen molar-refractivity contribution >= 4 is 27.6 Å². The molecule has 1 aromatic heterocycles. The van der Waals surface area contributed by atoms with Crippen LogP contribution in [-0.2, 0) is 0 Å². The molecule has 0 saturated carbocycles. The average molecular weight is 292 g/mol. The van der Waals surface area contributed by atoms with Gasteiger partial charge in [0.2, 0.25) is 5.95 Å². The Hall–Kier alpha value is -1.42. The molecule has 2 rings (SSSR count). The fourth-order valence-electron chi connectivity index (χ4n) is 1.46. The van der Waals surface area contributed by atoms with Crippen molar-refractivity contribution in [2.24, 2.45) is 0 Å². The summed E-state index contributed by atoms with van der Waals surface area (Å²) in [7, 11) is 0. The Morgan fingerprint density at radius 1 is 1.12 bits per heavy atom. The maximum Gasteiger partial charge on any atom is 0.227 e. The number of aryl methyl sites for hydroxylation is 3. The van der Waals surface area contributed by atoms with Gasteiger partial charge in [0.25, 0.3) is 0 Å². The summed E-state index contributed by atoms with van der Waals surface area (Å²) in [6.45, 7) is 6.13. The molecule has 0 amide bonds. The quantitative estimate of drug-likeness (QED) is 0.912. The van der Waals surface area contributed by atoms with E-state index in [0.29, 0.717) is 5.95 Å². The molecule has 0 aliphatic heterocycles. The molecule has 0 unspecified atom stereocenters. The molecule has 2 aromatic rings. The molecule has 0 fully saturated rings. The molecule has 1 heterocycles. The Morgan fingerprint density at radius 2 is 1.88 bits per heavy atom. The van der Waals surface area contributed by atoms with Gasteiger partial charge in [0.05, 0.1) is 10.2 Å². The summed E-state index contributed by atoms with van der Waals surface area (Å²) in [5.41, 5.74) is 4.47. The number of benzene rings is 1. The van der Waals surface area contributed by atoms with Crippen LogP contribution in [0.15, 0.2) is 28.9 Å². The first-order chi connectivity index (χ1) is 8.06. The van der Waals surface area contributed by atoms with Crippen molar-refractivity contribution in [3.63, 3.8) is 0 Å². The lowest BCUT2D eigenvalue weighted by molar-refractivity contribution is 1.09. The minimum Gasteiger partial charge on any atom is -0.324 e. The minimum absolute atomic E-state index is 0.619. The molecule has 88 valence electrons. The van der Waals surface area contributed by atoms with Crippen molar-refractivity contribution in [3.8, 4) is 0 Å². The standard InChI is InChI=1S/C13H14BrN3/c1-8-4-5-11(6-9(8)2)17-13-15-7-12(14)10(3)16-13/h4-7H,1-3H3,(H,15,16,17). The van der Waals surface area contributed by atoms with E-state index >= 15 is 0 Å². The Labute approximate surface area is 109 Å². The van der Waals surface area contributed by atoms with Crippen LogP contribution in [0.2, 0.25) is 0 Å². The van der Waals surface area contributed by atoms with Gasteiger partial charge in [-0.3, -0.25) is 0 Å². The molecular formula is C13H14BrN3. The Kier molecular flexibility index (Phi) is 3.43. The third-order valence-corrected chi connectivity index (χ3v) is 3.46. The molecule has 0 bridgehead atoms. The molecule has 3 nitrogen and oxygen atoms in total. The molecule has 0 radical (unpaired) electrons. The Bertz CT molecular complexity index is 503. The highest BCUT2D eigenvalue weighted by molar-refractivity contribution is 9.10. The zero-order valence-corrected chi connectivity index (χ0v) is 11.7. The number of anilines is 2. The van der Waals surface area contributed by atoms with Gasteiger partial charge in [-0.2, -0.15) is 0 Å². The SMILES string of the molecule is Cc1ccc(Nc2ncc(Br)c(C)n2)cc1C. The first kappa shape index (κ1) is 12.0. The third kappa shape index (κ3) is 2.82. The molecule has 1 N–H and O–H groups in total. The van der Waals surface area contributed by atoms with E-state index in [4.69, 9.17) is 0 Å². The summed E-state index contributed by atoms with van der Waals surface area (Å²) in [5, 5.41) is 3.20. The number of rotatable bonds is 2. The number of halogens is 1. The molecule has 17 heavy (non-hydrogen) atoms. The molecule has 0 aliphatic rings. The number of hydrogen-bond acceptors (Lipinski definition) is 3. The Morgan fingerprint density at radius 3 is 2.53 bits per heavy atom. The lowest BCUT2D eigenvalue weighted by atomic mass is 10.1. The highest BCUT2D eigenvalue weighted by atomic mass is 79.9. The lowest BCUT2D eigenvalue weighted by Crippen LogP contribution is -1.99. The van der Waals surface area contributed by atoms with Gasteiger partial charge in [0.1, 0.15) is 0 Å². The average Bonchev–Trinajstić information content (AvgIpc) is 2.29. The molecular weight excluding hydrogens is 278 g/mol. The second kappa shape index (κ2) is 4.84. The second-order valence-electron chi connectivity index (χ2n) is 4.05. The van der Waals surface area contributed by atoms with Crippen LogP contribution < -0.4 is 5.32 Å². The maximum absolute atomic E-state index is 4.35. The zero-order chi connectivity index (χ0) is 12.4. The van der Waals surface area contributed by atoms with Crippen LogP contribution in [0.1, 0.15) is 16.8 Å². The van der Waals surface area contributed by atoms with Crippen molar-refractivity contribution < 1.29 is 0 Å². The van der Waals surface area contributed by atoms with E-state index in [0.717, 1.165) is 15.9 Å². The van der Waals surface area contributed by atoms with Gasteiger partial charge in [0.15, 0.2) is 0 Å². The van der Waals surface area contributed by atoms with E-state index in [1.165, 1.54) is 11.1 Å². The van der Waals surface area contributed by atoms with Gasteiger partial charge >= 0.3 is 0 Å². The molecule has 0 saturated heterocycles. The topological polar surface area (TPSA) is 37.8 Å². The van der Waals surface area contributed by atoms with Crippen molar-refractivity contribution in [2.45, 2.75) is 20.8 Å². The van der Waals surface area contributed by atoms with Gasteiger partial charge in [-0.1, -0.05) is 6.07 Å². The fraction of sp³-hybridized carbons (Fsp3) is 0.231. The van der Waals surface area contributed by atoms with Crippen LogP contribution in [0.3, 0.4) is 0 Å². The first-order valence-electron chi connectivity index (χ1n) is 5.39. The van der Waals surface area contributed by atoms with Gasteiger partial charge < -0.3 is 5.32 Å². The number of nitrogens with zero attached hydrogens (tertiary/aromatic N) is 2. The fourth-order valence-corrected chi connectivity index (χ4v) is 1.65. The summed E-state index contributed by atoms with van der Waals surface area (Å²) >= 11 is 3.38. The summed E-state index contributed by atoms with van der Waals surface area (Å²) in [4.78, 5) is 8.57. The van der Waals surface area contributed by atoms with E-state index in [-0.39, 0.29) is 0 Å². The van der Waals surface area contributed by atoms with Gasteiger partial charge in [-0.05, 0) is 60.0 Å². The normalized spacial score (nSPS) is 10.4. The molecule has 0 aliphatic carbocycles. The summed E-state index contributed by atoms with van der Waals surface area (Å²) in [6, 6.07) is 6.21. The minimum atomic E-state index is 0.619. The summed E-state index contributed by atoms with van der Waals surface area (Å²) < 4.78 is 0.920. The van der Waals surface area contributed by atoms with Crippen LogP contribution in [0, 0.1) is 20.8 Å². The van der Waals surface area contributed by atoms with Gasteiger partial charge in [0, 0.05) is 11.9 Å². The van der Waals surface area contributed by atoms with Crippen LogP contribution in [-0.4, -0.2) is 9.97 Å². The second-order valence-corrected chi connectivity index (χ2v) is 4.91. The smallest absolute Gasteiger partial charge is 0.227 e. The van der Waals surface area contributed by atoms with E-state index in [1.807, 2.05) is 13.0 Å². The predicted octanol–water partition coefficient (Wildman–Crippen LogP) is 3.91. The molecule has 1 aromatic carbocycles. The molecule has 4 heteroatoms. The third-order valence-electron chi connectivity index (χ3n) is 2.68. The first-order valence-corrected chi connectivity index (χ1v) is 6.19. The van der Waals surface area contributed by atoms with Crippen LogP contribution in [0.4, 0.5) is 11.6 Å². The predicted molar refractivity (Wildman–Crippen MR) is 73.7 cm³/mol. The lowest BCUT2D eigenvalue weighted by Gasteiger charge is -2.08. The highest BCUT2D eigenvalue weighted by Gasteiger charge is 2.02. The van der Waals surface area contributed by atoms with Crippen molar-refractivity contribution in [2.75, 3.05) is 5.32 Å². The van der Waals surface area contributed by atoms with Crippen LogP contribution >= 0.6 is 15.9 Å². The number of aromatic nitrogens is 2. The van der Waals surface area contributed by atoms with Crippen molar-refractivity contribution in [1.82, 2.24) is 9.97 Å². The van der Waals surface area contributed by atoms with E-state index in [1.54, 1.807) is 6.20 Å². The monoisotopic (exact) mass is 291 g/mol. The van der Waals surface area contributed by atoms with E-state index in [2.05, 4.69) is 57.2 Å². The van der Waals surface area contributed by atoms with Crippen molar-refractivity contribution in [3.05, 3.63) is 45.7 Å². The summed E-state index contributed by atoms with van der Waals surface area (Å²) in [5.74, 6) is 0.619. The number of hydrogen-bond donors (Lipinski definition) is 1. The van der Waals surface area contributed by atoms with Crippen LogP contribution in [0.5, 0.6) is 0 Å². The Balaban J connectivity index is 2.25. The van der Waals surface area contributed by atoms with Crippen LogP contribution in [0.25, 0.3) is 0 Å². The molecule has 0 spiro atoms. The van der Waals surface area contributed by atoms with E-state index in [9.17, 15) is 0 Å². The van der Waals surface area contributed by atoms with Crippen molar-refractivity contribution in [1.29, 1.82) is 0 Å².